The van der Waals surface area contributed by atoms with Crippen LogP contribution < -0.4 is 5.32 Å². The Hall–Kier alpha value is -1.59. The summed E-state index contributed by atoms with van der Waals surface area (Å²) in [5.74, 6) is -2.74. The SMILES string of the molecule is O=C(Nc1ccc(SC(F)F)cc1)c1ccc(Cl)cc1. The van der Waals surface area contributed by atoms with Crippen molar-refractivity contribution in [2.75, 3.05) is 5.32 Å². The monoisotopic (exact) mass is 313 g/mol. The van der Waals surface area contributed by atoms with E-state index in [0.717, 1.165) is 0 Å². The van der Waals surface area contributed by atoms with Crippen LogP contribution in [0, 0.1) is 0 Å². The lowest BCUT2D eigenvalue weighted by Crippen LogP contribution is -2.11. The van der Waals surface area contributed by atoms with Crippen LogP contribution in [0.3, 0.4) is 0 Å². The van der Waals surface area contributed by atoms with Gasteiger partial charge >= 0.3 is 0 Å². The molecule has 0 aromatic heterocycles. The van der Waals surface area contributed by atoms with Crippen molar-refractivity contribution < 1.29 is 13.6 Å². The molecule has 0 heterocycles. The Kier molecular flexibility index (Phi) is 4.98. The topological polar surface area (TPSA) is 29.1 Å². The second-order valence-electron chi connectivity index (χ2n) is 3.86. The number of carbonyl (C=O) groups excluding carboxylic acids is 1. The summed E-state index contributed by atoms with van der Waals surface area (Å²) in [6.07, 6.45) is 0. The minimum atomic E-state index is -2.45. The van der Waals surface area contributed by atoms with Gasteiger partial charge in [0.1, 0.15) is 0 Å². The summed E-state index contributed by atoms with van der Waals surface area (Å²) in [4.78, 5) is 12.4. The molecule has 0 fully saturated rings. The molecule has 0 spiro atoms. The molecular formula is C14H10ClF2NOS. The Bertz CT molecular complexity index is 587. The number of nitrogens with one attached hydrogen (secondary N) is 1. The highest BCUT2D eigenvalue weighted by Crippen LogP contribution is 2.26. The first-order valence-electron chi connectivity index (χ1n) is 5.66. The van der Waals surface area contributed by atoms with E-state index in [4.69, 9.17) is 11.6 Å². The van der Waals surface area contributed by atoms with Crippen LogP contribution in [0.1, 0.15) is 10.4 Å². The average molecular weight is 314 g/mol. The summed E-state index contributed by atoms with van der Waals surface area (Å²) in [7, 11) is 0. The first-order valence-corrected chi connectivity index (χ1v) is 6.92. The zero-order valence-corrected chi connectivity index (χ0v) is 11.7. The molecule has 0 aliphatic heterocycles. The van der Waals surface area contributed by atoms with Crippen molar-refractivity contribution in [3.8, 4) is 0 Å². The van der Waals surface area contributed by atoms with Crippen LogP contribution in [0.15, 0.2) is 53.4 Å². The van der Waals surface area contributed by atoms with E-state index in [1.165, 1.54) is 12.1 Å². The maximum absolute atomic E-state index is 12.2. The van der Waals surface area contributed by atoms with Gasteiger partial charge in [-0.05, 0) is 48.5 Å². The maximum atomic E-state index is 12.2. The van der Waals surface area contributed by atoms with E-state index >= 15 is 0 Å². The number of hydrogen-bond donors (Lipinski definition) is 1. The van der Waals surface area contributed by atoms with Crippen molar-refractivity contribution in [2.24, 2.45) is 0 Å². The van der Waals surface area contributed by atoms with Gasteiger partial charge in [-0.15, -0.1) is 0 Å². The molecular weight excluding hydrogens is 304 g/mol. The summed E-state index contributed by atoms with van der Waals surface area (Å²) in [5.41, 5.74) is 1.02. The highest BCUT2D eigenvalue weighted by Gasteiger charge is 2.07. The molecule has 0 aliphatic carbocycles. The van der Waals surface area contributed by atoms with Gasteiger partial charge in [-0.2, -0.15) is 8.78 Å². The minimum Gasteiger partial charge on any atom is -0.322 e. The predicted octanol–water partition coefficient (Wildman–Crippen LogP) is 4.91. The summed E-state index contributed by atoms with van der Waals surface area (Å²) in [5, 5.41) is 3.23. The molecule has 0 radical (unpaired) electrons. The summed E-state index contributed by atoms with van der Waals surface area (Å²) in [6.45, 7) is 0. The lowest BCUT2D eigenvalue weighted by Gasteiger charge is -2.06. The molecule has 2 aromatic rings. The summed E-state index contributed by atoms with van der Waals surface area (Å²) in [6, 6.07) is 12.7. The van der Waals surface area contributed by atoms with Crippen LogP contribution in [-0.2, 0) is 0 Å². The third-order valence-electron chi connectivity index (χ3n) is 2.44. The number of thioether (sulfide) groups is 1. The molecule has 20 heavy (non-hydrogen) atoms. The van der Waals surface area contributed by atoms with E-state index in [1.54, 1.807) is 36.4 Å². The van der Waals surface area contributed by atoms with E-state index in [0.29, 0.717) is 32.9 Å². The molecule has 1 N–H and O–H groups in total. The van der Waals surface area contributed by atoms with E-state index in [2.05, 4.69) is 5.32 Å². The van der Waals surface area contributed by atoms with Crippen molar-refractivity contribution in [1.29, 1.82) is 0 Å². The molecule has 0 aliphatic rings. The zero-order valence-electron chi connectivity index (χ0n) is 10.1. The van der Waals surface area contributed by atoms with Crippen molar-refractivity contribution in [3.63, 3.8) is 0 Å². The fourth-order valence-corrected chi connectivity index (χ4v) is 2.15. The molecule has 1 amide bonds. The minimum absolute atomic E-state index is 0.282. The van der Waals surface area contributed by atoms with E-state index in [1.807, 2.05) is 0 Å². The van der Waals surface area contributed by atoms with E-state index < -0.39 is 5.76 Å². The van der Waals surface area contributed by atoms with E-state index in [-0.39, 0.29) is 5.91 Å². The van der Waals surface area contributed by atoms with Crippen LogP contribution >= 0.6 is 23.4 Å². The van der Waals surface area contributed by atoms with Crippen LogP contribution in [0.2, 0.25) is 5.02 Å². The van der Waals surface area contributed by atoms with Gasteiger partial charge < -0.3 is 5.32 Å². The molecule has 2 nitrogen and oxygen atoms in total. The largest absolute Gasteiger partial charge is 0.322 e. The number of benzene rings is 2. The molecule has 0 bridgehead atoms. The summed E-state index contributed by atoms with van der Waals surface area (Å²) >= 11 is 6.20. The third-order valence-corrected chi connectivity index (χ3v) is 3.42. The number of hydrogen-bond acceptors (Lipinski definition) is 2. The number of rotatable bonds is 4. The van der Waals surface area contributed by atoms with E-state index in [9.17, 15) is 13.6 Å². The fourth-order valence-electron chi connectivity index (χ4n) is 1.52. The average Bonchev–Trinajstić information content (AvgIpc) is 2.41. The molecule has 104 valence electrons. The Morgan fingerprint density at radius 3 is 2.20 bits per heavy atom. The fraction of sp³-hybridized carbons (Fsp3) is 0.0714. The second kappa shape index (κ2) is 6.72. The Balaban J connectivity index is 2.02. The maximum Gasteiger partial charge on any atom is 0.288 e. The van der Waals surface area contributed by atoms with Crippen molar-refractivity contribution in [2.45, 2.75) is 10.7 Å². The normalized spacial score (nSPS) is 10.6. The first kappa shape index (κ1) is 14.8. The predicted molar refractivity (Wildman–Crippen MR) is 77.7 cm³/mol. The van der Waals surface area contributed by atoms with Gasteiger partial charge in [-0.25, -0.2) is 0 Å². The highest BCUT2D eigenvalue weighted by molar-refractivity contribution is 7.99. The number of carbonyl (C=O) groups is 1. The first-order chi connectivity index (χ1) is 9.54. The van der Waals surface area contributed by atoms with Gasteiger partial charge in [0.2, 0.25) is 0 Å². The smallest absolute Gasteiger partial charge is 0.288 e. The lowest BCUT2D eigenvalue weighted by atomic mass is 10.2. The van der Waals surface area contributed by atoms with Crippen LogP contribution in [0.4, 0.5) is 14.5 Å². The summed E-state index contributed by atoms with van der Waals surface area (Å²) < 4.78 is 24.3. The molecule has 2 rings (SSSR count). The lowest BCUT2D eigenvalue weighted by molar-refractivity contribution is 0.102. The number of alkyl halides is 2. The second-order valence-corrected chi connectivity index (χ2v) is 5.36. The van der Waals surface area contributed by atoms with Gasteiger partial charge in [0.05, 0.1) is 0 Å². The third kappa shape index (κ3) is 4.21. The van der Waals surface area contributed by atoms with Crippen molar-refractivity contribution in [1.82, 2.24) is 0 Å². The Labute approximate surface area is 124 Å². The number of amides is 1. The molecule has 0 unspecified atom stereocenters. The van der Waals surface area contributed by atoms with Crippen molar-refractivity contribution >= 4 is 35.0 Å². The Morgan fingerprint density at radius 1 is 1.05 bits per heavy atom. The van der Waals surface area contributed by atoms with Gasteiger partial charge in [-0.3, -0.25) is 4.79 Å². The Morgan fingerprint density at radius 2 is 1.65 bits per heavy atom. The van der Waals surface area contributed by atoms with Gasteiger partial charge in [0, 0.05) is 21.2 Å². The molecule has 2 aromatic carbocycles. The molecule has 0 atom stereocenters. The quantitative estimate of drug-likeness (QED) is 0.813. The number of halogens is 3. The van der Waals surface area contributed by atoms with Crippen molar-refractivity contribution in [3.05, 3.63) is 59.1 Å². The van der Waals surface area contributed by atoms with Crippen LogP contribution in [0.25, 0.3) is 0 Å². The number of anilines is 1. The molecule has 0 saturated heterocycles. The molecule has 6 heteroatoms. The van der Waals surface area contributed by atoms with Gasteiger partial charge in [0.25, 0.3) is 11.7 Å². The van der Waals surface area contributed by atoms with Crippen LogP contribution in [0.5, 0.6) is 0 Å². The highest BCUT2D eigenvalue weighted by atomic mass is 35.5. The molecule has 0 saturated carbocycles. The van der Waals surface area contributed by atoms with Crippen LogP contribution in [-0.4, -0.2) is 11.7 Å². The van der Waals surface area contributed by atoms with Gasteiger partial charge in [-0.1, -0.05) is 23.4 Å². The zero-order chi connectivity index (χ0) is 14.5. The van der Waals surface area contributed by atoms with Gasteiger partial charge in [0.15, 0.2) is 0 Å². The standard InChI is InChI=1S/C14H10ClF2NOS/c15-10-3-1-9(2-4-10)13(19)18-11-5-7-12(8-6-11)20-14(16)17/h1-8,14H,(H,18,19).